The monoisotopic (exact) mass is 481 g/mol. The Morgan fingerprint density at radius 2 is 1.80 bits per heavy atom. The van der Waals surface area contributed by atoms with E-state index < -0.39 is 0 Å². The number of fused-ring (bicyclic) bond motifs is 1. The number of anilines is 1. The minimum atomic E-state index is 0.0822. The Labute approximate surface area is 196 Å². The molecular weight excluding hydrogens is 457 g/mol. The van der Waals surface area contributed by atoms with Gasteiger partial charge in [-0.05, 0) is 49.5 Å². The van der Waals surface area contributed by atoms with Gasteiger partial charge in [0.1, 0.15) is 5.52 Å². The van der Waals surface area contributed by atoms with Gasteiger partial charge < -0.3 is 4.90 Å². The predicted molar refractivity (Wildman–Crippen MR) is 132 cm³/mol. The van der Waals surface area contributed by atoms with E-state index in [-0.39, 0.29) is 5.91 Å². The lowest BCUT2D eigenvalue weighted by Crippen LogP contribution is -2.39. The summed E-state index contributed by atoms with van der Waals surface area (Å²) in [5.41, 5.74) is 0.760. The van der Waals surface area contributed by atoms with E-state index in [0.29, 0.717) is 33.9 Å². The summed E-state index contributed by atoms with van der Waals surface area (Å²) in [5, 5.41) is 2.05. The summed E-state index contributed by atoms with van der Waals surface area (Å²) in [6.07, 6.45) is 0.440. The van der Waals surface area contributed by atoms with Gasteiger partial charge in [-0.15, -0.1) is 11.8 Å². The van der Waals surface area contributed by atoms with Crippen molar-refractivity contribution >= 4 is 67.6 Å². The van der Waals surface area contributed by atoms with Gasteiger partial charge in [0.25, 0.3) is 0 Å². The van der Waals surface area contributed by atoms with Crippen LogP contribution < -0.4 is 4.90 Å². The molecule has 0 aliphatic rings. The van der Waals surface area contributed by atoms with Crippen LogP contribution in [0.4, 0.5) is 5.13 Å². The number of carbonyl (C=O) groups excluding carboxylic acids is 1. The van der Waals surface area contributed by atoms with Gasteiger partial charge in [-0.25, -0.2) is 4.98 Å². The van der Waals surface area contributed by atoms with Crippen molar-refractivity contribution in [2.45, 2.75) is 25.2 Å². The fourth-order valence-corrected chi connectivity index (χ4v) is 5.32. The molecule has 3 rings (SSSR count). The molecule has 8 heteroatoms. The van der Waals surface area contributed by atoms with Crippen LogP contribution in [0.5, 0.6) is 0 Å². The highest BCUT2D eigenvalue weighted by atomic mass is 35.5. The van der Waals surface area contributed by atoms with Gasteiger partial charge in [0.05, 0.1) is 9.72 Å². The summed E-state index contributed by atoms with van der Waals surface area (Å²) in [5.74, 6) is 0.784. The van der Waals surface area contributed by atoms with Crippen molar-refractivity contribution in [2.75, 3.05) is 36.8 Å². The number of thioether (sulfide) groups is 1. The maximum atomic E-state index is 13.1. The molecule has 4 nitrogen and oxygen atoms in total. The van der Waals surface area contributed by atoms with Gasteiger partial charge in [-0.1, -0.05) is 54.5 Å². The fraction of sp³-hybridized carbons (Fsp3) is 0.364. The summed E-state index contributed by atoms with van der Waals surface area (Å²) >= 11 is 15.4. The van der Waals surface area contributed by atoms with Crippen LogP contribution in [0.25, 0.3) is 10.2 Å². The van der Waals surface area contributed by atoms with Crippen LogP contribution >= 0.6 is 46.3 Å². The Balaban J connectivity index is 1.72. The van der Waals surface area contributed by atoms with E-state index in [1.807, 2.05) is 47.4 Å². The predicted octanol–water partition coefficient (Wildman–Crippen LogP) is 6.46. The fourth-order valence-electron chi connectivity index (χ4n) is 3.05. The maximum Gasteiger partial charge on any atom is 0.229 e. The van der Waals surface area contributed by atoms with Crippen LogP contribution in [-0.2, 0) is 4.79 Å². The topological polar surface area (TPSA) is 36.4 Å². The first kappa shape index (κ1) is 23.4. The average Bonchev–Trinajstić information content (AvgIpc) is 3.18. The van der Waals surface area contributed by atoms with Crippen molar-refractivity contribution in [3.8, 4) is 0 Å². The number of para-hydroxylation sites is 1. The number of benzene rings is 2. The standard InChI is InChI=1S/C22H25Cl2N3OS2/c1-3-26(4-2)13-14-27(22-25-21-18(24)6-5-7-19(21)30-22)20(28)12-15-29-17-10-8-16(23)9-11-17/h5-11H,3-4,12-15H2,1-2H3. The summed E-state index contributed by atoms with van der Waals surface area (Å²) in [7, 11) is 0. The van der Waals surface area contributed by atoms with Crippen molar-refractivity contribution < 1.29 is 4.79 Å². The molecule has 1 heterocycles. The molecule has 0 aliphatic heterocycles. The molecule has 3 aromatic rings. The summed E-state index contributed by atoms with van der Waals surface area (Å²) in [4.78, 5) is 23.1. The van der Waals surface area contributed by atoms with E-state index in [4.69, 9.17) is 28.2 Å². The van der Waals surface area contributed by atoms with Crippen LogP contribution in [0.2, 0.25) is 10.0 Å². The van der Waals surface area contributed by atoms with Gasteiger partial charge in [0.15, 0.2) is 5.13 Å². The Morgan fingerprint density at radius 3 is 2.47 bits per heavy atom. The highest BCUT2D eigenvalue weighted by Crippen LogP contribution is 2.33. The first-order valence-electron chi connectivity index (χ1n) is 9.98. The maximum absolute atomic E-state index is 13.1. The Morgan fingerprint density at radius 1 is 1.07 bits per heavy atom. The Kier molecular flexibility index (Phi) is 8.84. The largest absolute Gasteiger partial charge is 0.302 e. The molecule has 0 atom stereocenters. The number of thiazole rings is 1. The minimum absolute atomic E-state index is 0.0822. The Bertz CT molecular complexity index is 974. The van der Waals surface area contributed by atoms with Crippen LogP contribution in [-0.4, -0.2) is 47.7 Å². The van der Waals surface area contributed by atoms with Crippen molar-refractivity contribution in [3.05, 3.63) is 52.5 Å². The number of hydrogen-bond acceptors (Lipinski definition) is 5. The zero-order valence-corrected chi connectivity index (χ0v) is 20.3. The molecule has 0 radical (unpaired) electrons. The van der Waals surface area contributed by atoms with Gasteiger partial charge >= 0.3 is 0 Å². The number of hydrogen-bond donors (Lipinski definition) is 0. The number of halogens is 2. The van der Waals surface area contributed by atoms with E-state index in [0.717, 1.165) is 34.7 Å². The van der Waals surface area contributed by atoms with Crippen LogP contribution in [0.3, 0.4) is 0 Å². The first-order valence-corrected chi connectivity index (χ1v) is 12.5. The van der Waals surface area contributed by atoms with E-state index in [2.05, 4.69) is 18.7 Å². The lowest BCUT2D eigenvalue weighted by Gasteiger charge is -2.24. The molecule has 30 heavy (non-hydrogen) atoms. The van der Waals surface area contributed by atoms with E-state index in [1.54, 1.807) is 11.8 Å². The molecule has 2 aromatic carbocycles. The lowest BCUT2D eigenvalue weighted by atomic mass is 10.3. The van der Waals surface area contributed by atoms with Gasteiger partial charge in [-0.2, -0.15) is 0 Å². The third-order valence-electron chi connectivity index (χ3n) is 4.82. The quantitative estimate of drug-likeness (QED) is 0.311. The van der Waals surface area contributed by atoms with Crippen LogP contribution in [0, 0.1) is 0 Å². The smallest absolute Gasteiger partial charge is 0.229 e. The molecule has 0 N–H and O–H groups in total. The lowest BCUT2D eigenvalue weighted by molar-refractivity contribution is -0.118. The van der Waals surface area contributed by atoms with Gasteiger partial charge in [0.2, 0.25) is 5.91 Å². The molecular formula is C22H25Cl2N3OS2. The molecule has 0 fully saturated rings. The molecule has 0 saturated heterocycles. The second-order valence-electron chi connectivity index (χ2n) is 6.71. The van der Waals surface area contributed by atoms with E-state index >= 15 is 0 Å². The number of rotatable bonds is 10. The summed E-state index contributed by atoms with van der Waals surface area (Å²) in [6, 6.07) is 13.4. The Hall–Kier alpha value is -1.31. The van der Waals surface area contributed by atoms with E-state index in [1.165, 1.54) is 11.3 Å². The SMILES string of the molecule is CCN(CC)CCN(C(=O)CCSc1ccc(Cl)cc1)c1nc2c(Cl)cccc2s1. The van der Waals surface area contributed by atoms with Crippen LogP contribution in [0.15, 0.2) is 47.4 Å². The number of amides is 1. The highest BCUT2D eigenvalue weighted by Gasteiger charge is 2.21. The van der Waals surface area contributed by atoms with Gasteiger partial charge in [0, 0.05) is 35.2 Å². The molecule has 0 saturated carbocycles. The second-order valence-corrected chi connectivity index (χ2v) is 9.73. The number of aromatic nitrogens is 1. The normalized spacial score (nSPS) is 11.4. The first-order chi connectivity index (χ1) is 14.5. The van der Waals surface area contributed by atoms with Crippen molar-refractivity contribution in [3.63, 3.8) is 0 Å². The van der Waals surface area contributed by atoms with Crippen molar-refractivity contribution in [1.82, 2.24) is 9.88 Å². The van der Waals surface area contributed by atoms with Crippen LogP contribution in [0.1, 0.15) is 20.3 Å². The van der Waals surface area contributed by atoms with E-state index in [9.17, 15) is 4.79 Å². The average molecular weight is 483 g/mol. The molecule has 0 spiro atoms. The highest BCUT2D eigenvalue weighted by molar-refractivity contribution is 7.99. The molecule has 0 bridgehead atoms. The van der Waals surface area contributed by atoms with Gasteiger partial charge in [-0.3, -0.25) is 9.69 Å². The molecule has 160 valence electrons. The third-order valence-corrected chi connectivity index (χ3v) is 7.44. The molecule has 1 aromatic heterocycles. The second kappa shape index (κ2) is 11.3. The number of carbonyl (C=O) groups is 1. The van der Waals surface area contributed by atoms with Crippen molar-refractivity contribution in [1.29, 1.82) is 0 Å². The summed E-state index contributed by atoms with van der Waals surface area (Å²) < 4.78 is 0.994. The number of nitrogens with zero attached hydrogens (tertiary/aromatic N) is 3. The zero-order valence-electron chi connectivity index (χ0n) is 17.1. The zero-order chi connectivity index (χ0) is 21.5. The minimum Gasteiger partial charge on any atom is -0.302 e. The summed E-state index contributed by atoms with van der Waals surface area (Å²) in [6.45, 7) is 7.61. The molecule has 0 aliphatic carbocycles. The number of likely N-dealkylation sites (N-methyl/N-ethyl adjacent to an activating group) is 1. The molecule has 0 unspecified atom stereocenters. The molecule has 1 amide bonds. The van der Waals surface area contributed by atoms with Crippen molar-refractivity contribution in [2.24, 2.45) is 0 Å². The third kappa shape index (κ3) is 6.11.